The number of carbonyl (C=O) groups is 1. The summed E-state index contributed by atoms with van der Waals surface area (Å²) in [6.45, 7) is -3.01. The number of benzene rings is 2. The molecule has 23 heavy (non-hydrogen) atoms. The number of hydrogen-bond donors (Lipinski definition) is 0. The van der Waals surface area contributed by atoms with E-state index in [1.165, 1.54) is 18.4 Å². The molecule has 0 N–H and O–H groups in total. The van der Waals surface area contributed by atoms with Crippen LogP contribution in [-0.2, 0) is 0 Å². The molecule has 3 aromatic rings. The number of rotatable bonds is 5. The van der Waals surface area contributed by atoms with Crippen molar-refractivity contribution in [1.82, 2.24) is 4.98 Å². The van der Waals surface area contributed by atoms with Gasteiger partial charge in [0.2, 0.25) is 5.89 Å². The lowest BCUT2D eigenvalue weighted by molar-refractivity contribution is -0.0500. The van der Waals surface area contributed by atoms with E-state index in [4.69, 9.17) is 4.42 Å². The number of nitrogens with zero attached hydrogens (tertiary/aromatic N) is 1. The Kier molecular flexibility index (Phi) is 4.14. The van der Waals surface area contributed by atoms with Crippen molar-refractivity contribution in [2.24, 2.45) is 0 Å². The van der Waals surface area contributed by atoms with Gasteiger partial charge in [0.1, 0.15) is 17.7 Å². The minimum atomic E-state index is -3.01. The first-order chi connectivity index (χ1) is 11.2. The molecule has 0 unspecified atom stereocenters. The topological polar surface area (TPSA) is 52.3 Å². The smallest absolute Gasteiger partial charge is 0.387 e. The van der Waals surface area contributed by atoms with E-state index in [-0.39, 0.29) is 11.3 Å². The summed E-state index contributed by atoms with van der Waals surface area (Å²) >= 11 is 0. The van der Waals surface area contributed by atoms with Crippen molar-refractivity contribution in [3.05, 3.63) is 60.4 Å². The summed E-state index contributed by atoms with van der Waals surface area (Å²) in [5.74, 6) is 0.216. The second kappa shape index (κ2) is 6.39. The maximum atomic E-state index is 12.4. The van der Waals surface area contributed by atoms with Crippen LogP contribution in [0.25, 0.3) is 22.7 Å². The molecule has 1 aromatic heterocycles. The van der Waals surface area contributed by atoms with Crippen LogP contribution in [0.4, 0.5) is 8.78 Å². The van der Waals surface area contributed by atoms with Gasteiger partial charge >= 0.3 is 6.61 Å². The highest BCUT2D eigenvalue weighted by atomic mass is 19.3. The molecule has 0 spiro atoms. The number of carbonyl (C=O) groups excluding carboxylic acids is 1. The standard InChI is InChI=1S/C17H11F2NO3/c18-17(19)23-15-8-12(6-7-13(15)9-21)14-10-22-16(20-14)11-4-2-1-3-5-11/h1-10,17H. The summed E-state index contributed by atoms with van der Waals surface area (Å²) in [6.07, 6.45) is 1.88. The van der Waals surface area contributed by atoms with E-state index in [1.807, 2.05) is 30.3 Å². The highest BCUT2D eigenvalue weighted by Crippen LogP contribution is 2.29. The maximum absolute atomic E-state index is 12.4. The molecule has 0 radical (unpaired) electrons. The van der Waals surface area contributed by atoms with Crippen LogP contribution in [0.3, 0.4) is 0 Å². The van der Waals surface area contributed by atoms with Gasteiger partial charge in [-0.3, -0.25) is 4.79 Å². The van der Waals surface area contributed by atoms with Gasteiger partial charge in [-0.2, -0.15) is 8.78 Å². The Labute approximate surface area is 130 Å². The lowest BCUT2D eigenvalue weighted by Crippen LogP contribution is -2.04. The van der Waals surface area contributed by atoms with Gasteiger partial charge in [-0.25, -0.2) is 4.98 Å². The molecule has 0 aliphatic carbocycles. The molecular weight excluding hydrogens is 304 g/mol. The van der Waals surface area contributed by atoms with Crippen molar-refractivity contribution >= 4 is 6.29 Å². The number of hydrogen-bond acceptors (Lipinski definition) is 4. The number of ether oxygens (including phenoxy) is 1. The molecule has 0 bridgehead atoms. The lowest BCUT2D eigenvalue weighted by Gasteiger charge is -2.08. The van der Waals surface area contributed by atoms with Crippen LogP contribution in [-0.4, -0.2) is 17.9 Å². The Morgan fingerprint density at radius 3 is 2.57 bits per heavy atom. The zero-order valence-electron chi connectivity index (χ0n) is 11.8. The lowest BCUT2D eigenvalue weighted by atomic mass is 10.1. The van der Waals surface area contributed by atoms with Gasteiger partial charge in [0.25, 0.3) is 0 Å². The van der Waals surface area contributed by atoms with Gasteiger partial charge < -0.3 is 9.15 Å². The fraction of sp³-hybridized carbons (Fsp3) is 0.0588. The number of halogens is 2. The van der Waals surface area contributed by atoms with Crippen LogP contribution in [0.1, 0.15) is 10.4 Å². The van der Waals surface area contributed by atoms with E-state index in [1.54, 1.807) is 6.07 Å². The third kappa shape index (κ3) is 3.26. The van der Waals surface area contributed by atoms with Crippen LogP contribution >= 0.6 is 0 Å². The average molecular weight is 315 g/mol. The molecule has 116 valence electrons. The van der Waals surface area contributed by atoms with E-state index in [9.17, 15) is 13.6 Å². The van der Waals surface area contributed by atoms with Crippen molar-refractivity contribution in [3.8, 4) is 28.5 Å². The first-order valence-electron chi connectivity index (χ1n) is 6.73. The number of aldehydes is 1. The summed E-state index contributed by atoms with van der Waals surface area (Å²) in [5, 5.41) is 0. The van der Waals surface area contributed by atoms with Crippen LogP contribution in [0, 0.1) is 0 Å². The largest absolute Gasteiger partial charge is 0.444 e. The van der Waals surface area contributed by atoms with E-state index in [0.29, 0.717) is 23.4 Å². The quantitative estimate of drug-likeness (QED) is 0.654. The van der Waals surface area contributed by atoms with Crippen molar-refractivity contribution in [2.75, 3.05) is 0 Å². The number of aromatic nitrogens is 1. The second-order valence-corrected chi connectivity index (χ2v) is 4.65. The fourth-order valence-electron chi connectivity index (χ4n) is 2.11. The Morgan fingerprint density at radius 1 is 1.09 bits per heavy atom. The first-order valence-corrected chi connectivity index (χ1v) is 6.73. The summed E-state index contributed by atoms with van der Waals surface area (Å²) in [6, 6.07) is 13.6. The minimum absolute atomic E-state index is 0.0424. The highest BCUT2D eigenvalue weighted by molar-refractivity contribution is 5.81. The summed E-state index contributed by atoms with van der Waals surface area (Å²) in [5.41, 5.74) is 1.81. The van der Waals surface area contributed by atoms with E-state index < -0.39 is 6.61 Å². The minimum Gasteiger partial charge on any atom is -0.444 e. The molecule has 0 saturated carbocycles. The van der Waals surface area contributed by atoms with Gasteiger partial charge in [0.05, 0.1) is 5.56 Å². The fourth-order valence-corrected chi connectivity index (χ4v) is 2.11. The van der Waals surface area contributed by atoms with E-state index in [2.05, 4.69) is 9.72 Å². The van der Waals surface area contributed by atoms with E-state index >= 15 is 0 Å². The zero-order chi connectivity index (χ0) is 16.2. The molecule has 1 heterocycles. The second-order valence-electron chi connectivity index (χ2n) is 4.65. The summed E-state index contributed by atoms with van der Waals surface area (Å²) < 4.78 is 34.6. The number of alkyl halides is 2. The molecule has 4 nitrogen and oxygen atoms in total. The third-order valence-electron chi connectivity index (χ3n) is 3.18. The van der Waals surface area contributed by atoms with Gasteiger partial charge in [-0.15, -0.1) is 0 Å². The molecule has 0 aliphatic rings. The van der Waals surface area contributed by atoms with Crippen LogP contribution in [0.2, 0.25) is 0 Å². The van der Waals surface area contributed by atoms with Crippen molar-refractivity contribution in [2.45, 2.75) is 6.61 Å². The van der Waals surface area contributed by atoms with Crippen molar-refractivity contribution < 1.29 is 22.7 Å². The molecular formula is C17H11F2NO3. The zero-order valence-corrected chi connectivity index (χ0v) is 11.8. The Bertz CT molecular complexity index is 816. The molecule has 0 amide bonds. The molecule has 0 aliphatic heterocycles. The predicted molar refractivity (Wildman–Crippen MR) is 79.4 cm³/mol. The SMILES string of the molecule is O=Cc1ccc(-c2coc(-c3ccccc3)n2)cc1OC(F)F. The monoisotopic (exact) mass is 315 g/mol. The summed E-state index contributed by atoms with van der Waals surface area (Å²) in [7, 11) is 0. The molecule has 3 rings (SSSR count). The first kappa shape index (κ1) is 14.9. The molecule has 0 fully saturated rings. The molecule has 2 aromatic carbocycles. The van der Waals surface area contributed by atoms with Gasteiger partial charge in [0.15, 0.2) is 6.29 Å². The van der Waals surface area contributed by atoms with Gasteiger partial charge in [-0.1, -0.05) is 24.3 Å². The Balaban J connectivity index is 1.96. The maximum Gasteiger partial charge on any atom is 0.387 e. The molecule has 6 heteroatoms. The van der Waals surface area contributed by atoms with Crippen molar-refractivity contribution in [3.63, 3.8) is 0 Å². The molecule has 0 atom stereocenters. The summed E-state index contributed by atoms with van der Waals surface area (Å²) in [4.78, 5) is 15.2. The Morgan fingerprint density at radius 2 is 1.87 bits per heavy atom. The predicted octanol–water partition coefficient (Wildman–Crippen LogP) is 4.42. The third-order valence-corrected chi connectivity index (χ3v) is 3.18. The normalized spacial score (nSPS) is 10.7. The number of oxazole rings is 1. The molecule has 0 saturated heterocycles. The van der Waals surface area contributed by atoms with Crippen LogP contribution in [0.15, 0.2) is 59.2 Å². The van der Waals surface area contributed by atoms with Crippen LogP contribution < -0.4 is 4.74 Å². The average Bonchev–Trinajstić information content (AvgIpc) is 3.05. The van der Waals surface area contributed by atoms with Crippen LogP contribution in [0.5, 0.6) is 5.75 Å². The Hall–Kier alpha value is -3.02. The highest BCUT2D eigenvalue weighted by Gasteiger charge is 2.13. The van der Waals surface area contributed by atoms with Gasteiger partial charge in [-0.05, 0) is 24.3 Å². The van der Waals surface area contributed by atoms with Gasteiger partial charge in [0, 0.05) is 11.1 Å². The van der Waals surface area contributed by atoms with E-state index in [0.717, 1.165) is 5.56 Å². The van der Waals surface area contributed by atoms with Crippen molar-refractivity contribution in [1.29, 1.82) is 0 Å².